The quantitative estimate of drug-likeness (QED) is 0.272. The average molecular weight is 522 g/mol. The molecule has 0 saturated heterocycles. The summed E-state index contributed by atoms with van der Waals surface area (Å²) in [6.45, 7) is 25.0. The summed E-state index contributed by atoms with van der Waals surface area (Å²) >= 11 is 0. The molecule has 0 saturated carbocycles. The largest absolute Gasteiger partial charge is 0.493 e. The summed E-state index contributed by atoms with van der Waals surface area (Å²) in [5.74, 6) is 1.80. The van der Waals surface area contributed by atoms with E-state index in [2.05, 4.69) is 78.4 Å². The van der Waals surface area contributed by atoms with Crippen LogP contribution < -0.4 is 9.47 Å². The number of rotatable bonds is 7. The zero-order valence-corrected chi connectivity index (χ0v) is 26.7. The van der Waals surface area contributed by atoms with Gasteiger partial charge in [0, 0.05) is 12.0 Å². The zero-order valence-electron chi connectivity index (χ0n) is 24.7. The Morgan fingerprint density at radius 1 is 1.00 bits per heavy atom. The molecular weight excluding hydrogens is 470 g/mol. The van der Waals surface area contributed by atoms with Crippen molar-refractivity contribution in [2.45, 2.75) is 123 Å². The number of nitrogens with zero attached hydrogens (tertiary/aromatic N) is 1. The molecule has 2 rings (SSSR count). The number of carbonyl (C=O) groups excluding carboxylic acids is 1. The van der Waals surface area contributed by atoms with Gasteiger partial charge in [0.05, 0.1) is 26.4 Å². The molecule has 1 aliphatic carbocycles. The molecule has 5 nitrogen and oxygen atoms in total. The monoisotopic (exact) mass is 521 g/mol. The number of hydrogen-bond acceptors (Lipinski definition) is 4. The van der Waals surface area contributed by atoms with Gasteiger partial charge >= 0.3 is 0 Å². The first-order chi connectivity index (χ1) is 15.9. The van der Waals surface area contributed by atoms with E-state index in [1.807, 2.05) is 13.0 Å². The number of ether oxygens (including phenoxy) is 2. The van der Waals surface area contributed by atoms with E-state index in [9.17, 15) is 4.79 Å². The molecule has 0 radical (unpaired) electrons. The predicted octanol–water partition coefficient (Wildman–Crippen LogP) is 7.72. The molecule has 1 aromatic carbocycles. The van der Waals surface area contributed by atoms with Crippen LogP contribution in [0.25, 0.3) is 0 Å². The first kappa shape index (κ1) is 29.9. The Kier molecular flexibility index (Phi) is 9.04. The van der Waals surface area contributed by atoms with Gasteiger partial charge in [-0.05, 0) is 54.1 Å². The van der Waals surface area contributed by atoms with Crippen LogP contribution in [0, 0.1) is 0 Å². The van der Waals surface area contributed by atoms with Gasteiger partial charge < -0.3 is 18.5 Å². The molecule has 0 aromatic heterocycles. The third-order valence-corrected chi connectivity index (χ3v) is 18.7. The average Bonchev–Trinajstić information content (AvgIpc) is 2.90. The third kappa shape index (κ3) is 5.82. The Bertz CT molecular complexity index is 899. The van der Waals surface area contributed by atoms with Crippen molar-refractivity contribution in [1.82, 2.24) is 4.57 Å². The van der Waals surface area contributed by atoms with E-state index in [1.54, 1.807) is 14.2 Å². The first-order valence-electron chi connectivity index (χ1n) is 13.2. The number of carbonyl (C=O) groups is 1. The molecule has 0 N–H and O–H groups in total. The number of fused-ring (bicyclic) bond motifs is 1. The molecule has 1 aliphatic rings. The van der Waals surface area contributed by atoms with Crippen molar-refractivity contribution >= 4 is 22.5 Å². The summed E-state index contributed by atoms with van der Waals surface area (Å²) in [5.41, 5.74) is 2.32. The van der Waals surface area contributed by atoms with E-state index in [1.165, 1.54) is 0 Å². The van der Waals surface area contributed by atoms with E-state index in [0.29, 0.717) is 6.42 Å². The van der Waals surface area contributed by atoms with Crippen LogP contribution in [0.5, 0.6) is 11.5 Å². The van der Waals surface area contributed by atoms with Gasteiger partial charge in [0.2, 0.25) is 5.91 Å². The Labute approximate surface area is 217 Å². The van der Waals surface area contributed by atoms with Gasteiger partial charge in [0.15, 0.2) is 28.1 Å². The maximum atomic E-state index is 13.7. The summed E-state index contributed by atoms with van der Waals surface area (Å²) in [7, 11) is -0.952. The summed E-state index contributed by atoms with van der Waals surface area (Å²) in [6.07, 6.45) is 3.08. The van der Waals surface area contributed by atoms with E-state index in [4.69, 9.17) is 13.9 Å². The van der Waals surface area contributed by atoms with Crippen LogP contribution in [0.3, 0.4) is 0 Å². The number of hydrogen-bond donors (Lipinski definition) is 0. The van der Waals surface area contributed by atoms with Crippen LogP contribution in [0.15, 0.2) is 12.1 Å². The van der Waals surface area contributed by atoms with E-state index in [0.717, 1.165) is 41.9 Å². The lowest BCUT2D eigenvalue weighted by Gasteiger charge is -2.52. The van der Waals surface area contributed by atoms with Crippen molar-refractivity contribution < 1.29 is 18.7 Å². The van der Waals surface area contributed by atoms with Crippen molar-refractivity contribution in [2.75, 3.05) is 14.2 Å². The summed E-state index contributed by atoms with van der Waals surface area (Å²) in [5, 5.41) is 0.0865. The normalized spacial score (nSPS) is 19.6. The molecule has 35 heavy (non-hydrogen) atoms. The molecule has 2 atom stereocenters. The highest BCUT2D eigenvalue weighted by atomic mass is 28.4. The summed E-state index contributed by atoms with van der Waals surface area (Å²) in [6, 6.07) is 4.16. The molecule has 7 heteroatoms. The highest BCUT2D eigenvalue weighted by Gasteiger charge is 2.51. The fraction of sp³-hybridized carbons (Fsp3) is 0.750. The number of methoxy groups -OCH3 is 2. The lowest BCUT2D eigenvalue weighted by atomic mass is 9.97. The van der Waals surface area contributed by atoms with Crippen molar-refractivity contribution in [3.63, 3.8) is 0 Å². The standard InChI is InChI=1S/C28H51NO4Si2/c1-14-24(30)29(34(10,11)27(2,3)4)22-17-15-16-20-21(18-19-23(31-8)26(20)32-9)25(22)33-35(12,13)28(5,6)7/h18-19,22,25H,14-17H2,1-13H3. The minimum absolute atomic E-state index is 0.00295. The van der Waals surface area contributed by atoms with Gasteiger partial charge in [0.25, 0.3) is 0 Å². The smallest absolute Gasteiger partial charge is 0.214 e. The van der Waals surface area contributed by atoms with Gasteiger partial charge in [-0.15, -0.1) is 0 Å². The lowest BCUT2D eigenvalue weighted by Crippen LogP contribution is -2.63. The Morgan fingerprint density at radius 2 is 1.60 bits per heavy atom. The molecule has 0 aliphatic heterocycles. The lowest BCUT2D eigenvalue weighted by molar-refractivity contribution is -0.130. The Morgan fingerprint density at radius 3 is 2.06 bits per heavy atom. The topological polar surface area (TPSA) is 48.0 Å². The predicted molar refractivity (Wildman–Crippen MR) is 152 cm³/mol. The van der Waals surface area contributed by atoms with Gasteiger partial charge in [0.1, 0.15) is 0 Å². The second-order valence-electron chi connectivity index (χ2n) is 13.1. The van der Waals surface area contributed by atoms with Crippen molar-refractivity contribution in [2.24, 2.45) is 0 Å². The number of amides is 1. The van der Waals surface area contributed by atoms with Crippen molar-refractivity contribution in [3.05, 3.63) is 23.3 Å². The summed E-state index contributed by atoms with van der Waals surface area (Å²) < 4.78 is 21.1. The molecule has 1 amide bonds. The molecule has 200 valence electrons. The first-order valence-corrected chi connectivity index (χ1v) is 19.0. The number of benzene rings is 1. The van der Waals surface area contributed by atoms with Crippen LogP contribution in [-0.4, -0.2) is 47.3 Å². The Hall–Kier alpha value is -1.32. The molecule has 2 unspecified atom stereocenters. The second-order valence-corrected chi connectivity index (χ2v) is 22.9. The van der Waals surface area contributed by atoms with E-state index >= 15 is 0 Å². The van der Waals surface area contributed by atoms with E-state index in [-0.39, 0.29) is 28.1 Å². The van der Waals surface area contributed by atoms with Crippen molar-refractivity contribution in [1.29, 1.82) is 0 Å². The van der Waals surface area contributed by atoms with Gasteiger partial charge in [-0.25, -0.2) is 0 Å². The van der Waals surface area contributed by atoms with Crippen LogP contribution in [-0.2, 0) is 15.6 Å². The van der Waals surface area contributed by atoms with Gasteiger partial charge in [-0.2, -0.15) is 0 Å². The van der Waals surface area contributed by atoms with E-state index < -0.39 is 16.6 Å². The molecule has 0 bridgehead atoms. The molecule has 0 heterocycles. The SMILES string of the molecule is CCC(=O)N(C1CCCc2c(ccc(OC)c2OC)C1O[Si](C)(C)C(C)(C)C)[Si](C)(C)C(C)(C)C. The zero-order chi connectivity index (χ0) is 27.0. The minimum atomic E-state index is -2.19. The van der Waals surface area contributed by atoms with Gasteiger partial charge in [-0.3, -0.25) is 4.79 Å². The van der Waals surface area contributed by atoms with Crippen LogP contribution in [0.4, 0.5) is 0 Å². The fourth-order valence-corrected chi connectivity index (χ4v) is 8.59. The maximum Gasteiger partial charge on any atom is 0.214 e. The Balaban J connectivity index is 2.83. The van der Waals surface area contributed by atoms with Crippen LogP contribution in [0.2, 0.25) is 36.3 Å². The maximum absolute atomic E-state index is 13.7. The van der Waals surface area contributed by atoms with Crippen LogP contribution >= 0.6 is 0 Å². The molecule has 0 fully saturated rings. The molecule has 1 aromatic rings. The summed E-state index contributed by atoms with van der Waals surface area (Å²) in [4.78, 5) is 13.7. The molecular formula is C28H51NO4Si2. The highest BCUT2D eigenvalue weighted by Crippen LogP contribution is 2.49. The minimum Gasteiger partial charge on any atom is -0.493 e. The third-order valence-electron chi connectivity index (χ3n) is 8.84. The van der Waals surface area contributed by atoms with Gasteiger partial charge in [-0.1, -0.05) is 67.6 Å². The highest BCUT2D eigenvalue weighted by molar-refractivity contribution is 6.79. The molecule has 0 spiro atoms. The second kappa shape index (κ2) is 10.6. The fourth-order valence-electron chi connectivity index (χ4n) is 4.72. The van der Waals surface area contributed by atoms with Crippen molar-refractivity contribution in [3.8, 4) is 11.5 Å². The van der Waals surface area contributed by atoms with Crippen LogP contribution in [0.1, 0.15) is 85.0 Å².